The number of rotatable bonds is 2. The highest BCUT2D eigenvalue weighted by Crippen LogP contribution is 2.29. The summed E-state index contributed by atoms with van der Waals surface area (Å²) in [6, 6.07) is 0.906. The molecular formula is C8H10F3N3O. The lowest BCUT2D eigenvalue weighted by molar-refractivity contribution is -0.144. The first-order valence-electron chi connectivity index (χ1n) is 4.17. The molecule has 15 heavy (non-hydrogen) atoms. The number of aromatic nitrogens is 2. The van der Waals surface area contributed by atoms with Crippen molar-refractivity contribution in [1.82, 2.24) is 15.1 Å². The third kappa shape index (κ3) is 2.71. The molecule has 1 heterocycles. The highest BCUT2D eigenvalue weighted by Gasteiger charge is 2.35. The summed E-state index contributed by atoms with van der Waals surface area (Å²) in [6.45, 7) is 1.01. The molecule has 4 nitrogen and oxygen atoms in total. The Bertz CT molecular complexity index is 370. The Kier molecular flexibility index (Phi) is 3.01. The molecule has 1 amide bonds. The Balaban J connectivity index is 3.02. The van der Waals surface area contributed by atoms with Crippen LogP contribution in [0.4, 0.5) is 13.2 Å². The van der Waals surface area contributed by atoms with Crippen molar-refractivity contribution in [3.63, 3.8) is 0 Å². The minimum absolute atomic E-state index is 0.228. The standard InChI is InChI=1S/C8H10F3N3O/c1-5-3-6(8(9,10)11)14(13-5)4-7(15)12-2/h3H,4H2,1-2H3,(H,12,15). The van der Waals surface area contributed by atoms with Crippen LogP contribution in [-0.4, -0.2) is 22.7 Å². The van der Waals surface area contributed by atoms with Crippen LogP contribution in [0.5, 0.6) is 0 Å². The number of alkyl halides is 3. The molecule has 0 spiro atoms. The molecule has 0 fully saturated rings. The molecule has 0 aliphatic heterocycles. The monoisotopic (exact) mass is 221 g/mol. The van der Waals surface area contributed by atoms with Gasteiger partial charge in [-0.15, -0.1) is 0 Å². The summed E-state index contributed by atoms with van der Waals surface area (Å²) in [5, 5.41) is 5.84. The summed E-state index contributed by atoms with van der Waals surface area (Å²) in [4.78, 5) is 10.9. The first-order chi connectivity index (χ1) is 6.84. The maximum Gasteiger partial charge on any atom is 0.433 e. The number of carbonyl (C=O) groups excluding carboxylic acids is 1. The van der Waals surface area contributed by atoms with E-state index < -0.39 is 24.3 Å². The normalized spacial score (nSPS) is 11.5. The van der Waals surface area contributed by atoms with Crippen LogP contribution in [0.25, 0.3) is 0 Å². The van der Waals surface area contributed by atoms with Gasteiger partial charge in [0.15, 0.2) is 0 Å². The summed E-state index contributed by atoms with van der Waals surface area (Å²) >= 11 is 0. The van der Waals surface area contributed by atoms with Gasteiger partial charge in [-0.05, 0) is 13.0 Å². The zero-order chi connectivity index (χ0) is 11.6. The van der Waals surface area contributed by atoms with Crippen molar-refractivity contribution in [2.75, 3.05) is 7.05 Å². The van der Waals surface area contributed by atoms with E-state index in [-0.39, 0.29) is 5.69 Å². The number of carbonyl (C=O) groups is 1. The van der Waals surface area contributed by atoms with Crippen LogP contribution in [0.2, 0.25) is 0 Å². The van der Waals surface area contributed by atoms with E-state index in [1.165, 1.54) is 14.0 Å². The average Bonchev–Trinajstić information content (AvgIpc) is 2.45. The Labute approximate surface area is 84.1 Å². The van der Waals surface area contributed by atoms with Crippen molar-refractivity contribution in [3.8, 4) is 0 Å². The van der Waals surface area contributed by atoms with Crippen LogP contribution in [0.15, 0.2) is 6.07 Å². The number of hydrogen-bond acceptors (Lipinski definition) is 2. The lowest BCUT2D eigenvalue weighted by Crippen LogP contribution is -2.26. The first kappa shape index (κ1) is 11.5. The first-order valence-corrected chi connectivity index (χ1v) is 4.17. The Morgan fingerprint density at radius 1 is 1.60 bits per heavy atom. The number of aryl methyl sites for hydroxylation is 1. The average molecular weight is 221 g/mol. The molecule has 84 valence electrons. The molecule has 1 aromatic rings. The number of hydrogen-bond donors (Lipinski definition) is 1. The topological polar surface area (TPSA) is 46.9 Å². The van der Waals surface area contributed by atoms with Crippen LogP contribution in [0.1, 0.15) is 11.4 Å². The van der Waals surface area contributed by atoms with E-state index in [1.54, 1.807) is 0 Å². The second kappa shape index (κ2) is 3.92. The molecule has 1 aromatic heterocycles. The van der Waals surface area contributed by atoms with Crippen LogP contribution < -0.4 is 5.32 Å². The summed E-state index contributed by atoms with van der Waals surface area (Å²) < 4.78 is 37.9. The summed E-state index contributed by atoms with van der Waals surface area (Å²) in [6.07, 6.45) is -4.49. The highest BCUT2D eigenvalue weighted by molar-refractivity contribution is 5.75. The molecule has 1 N–H and O–H groups in total. The van der Waals surface area contributed by atoms with E-state index in [0.29, 0.717) is 4.68 Å². The molecular weight excluding hydrogens is 211 g/mol. The number of halogens is 3. The Morgan fingerprint density at radius 2 is 2.20 bits per heavy atom. The lowest BCUT2D eigenvalue weighted by atomic mass is 10.3. The van der Waals surface area contributed by atoms with Gasteiger partial charge in [0.25, 0.3) is 0 Å². The van der Waals surface area contributed by atoms with Gasteiger partial charge in [-0.1, -0.05) is 0 Å². The van der Waals surface area contributed by atoms with Crippen molar-refractivity contribution in [3.05, 3.63) is 17.5 Å². The van der Waals surface area contributed by atoms with Crippen LogP contribution in [0, 0.1) is 6.92 Å². The van der Waals surface area contributed by atoms with Gasteiger partial charge in [-0.25, -0.2) is 0 Å². The van der Waals surface area contributed by atoms with Crippen LogP contribution in [-0.2, 0) is 17.5 Å². The summed E-state index contributed by atoms with van der Waals surface area (Å²) in [5.41, 5.74) is -0.685. The Hall–Kier alpha value is -1.53. The zero-order valence-corrected chi connectivity index (χ0v) is 8.22. The van der Waals surface area contributed by atoms with Gasteiger partial charge < -0.3 is 5.32 Å². The molecule has 0 bridgehead atoms. The largest absolute Gasteiger partial charge is 0.433 e. The molecule has 0 atom stereocenters. The van der Waals surface area contributed by atoms with E-state index >= 15 is 0 Å². The molecule has 0 aliphatic rings. The Morgan fingerprint density at radius 3 is 2.67 bits per heavy atom. The van der Waals surface area contributed by atoms with Crippen molar-refractivity contribution in [2.45, 2.75) is 19.6 Å². The van der Waals surface area contributed by atoms with Gasteiger partial charge in [0.1, 0.15) is 12.2 Å². The molecule has 0 saturated heterocycles. The fraction of sp³-hybridized carbons (Fsp3) is 0.500. The van der Waals surface area contributed by atoms with Crippen molar-refractivity contribution >= 4 is 5.91 Å². The van der Waals surface area contributed by atoms with Gasteiger partial charge in [-0.2, -0.15) is 18.3 Å². The second-order valence-electron chi connectivity index (χ2n) is 3.00. The van der Waals surface area contributed by atoms with Crippen LogP contribution >= 0.6 is 0 Å². The maximum atomic E-state index is 12.4. The summed E-state index contributed by atoms with van der Waals surface area (Å²) in [7, 11) is 1.35. The summed E-state index contributed by atoms with van der Waals surface area (Å²) in [5.74, 6) is -0.524. The molecule has 0 radical (unpaired) electrons. The zero-order valence-electron chi connectivity index (χ0n) is 8.22. The van der Waals surface area contributed by atoms with Gasteiger partial charge >= 0.3 is 6.18 Å². The van der Waals surface area contributed by atoms with E-state index in [4.69, 9.17) is 0 Å². The third-order valence-corrected chi connectivity index (χ3v) is 1.76. The highest BCUT2D eigenvalue weighted by atomic mass is 19.4. The van der Waals surface area contributed by atoms with Gasteiger partial charge in [-0.3, -0.25) is 9.48 Å². The number of likely N-dealkylation sites (N-methyl/N-ethyl adjacent to an activating group) is 1. The smallest absolute Gasteiger partial charge is 0.358 e. The van der Waals surface area contributed by atoms with E-state index in [2.05, 4.69) is 10.4 Å². The van der Waals surface area contributed by atoms with E-state index in [1.807, 2.05) is 0 Å². The molecule has 7 heteroatoms. The molecule has 0 saturated carbocycles. The quantitative estimate of drug-likeness (QED) is 0.808. The molecule has 0 aromatic carbocycles. The molecule has 1 rings (SSSR count). The molecule has 0 aliphatic carbocycles. The number of amides is 1. The van der Waals surface area contributed by atoms with Gasteiger partial charge in [0, 0.05) is 7.05 Å². The van der Waals surface area contributed by atoms with E-state index in [9.17, 15) is 18.0 Å². The number of nitrogens with one attached hydrogen (secondary N) is 1. The number of nitrogens with zero attached hydrogens (tertiary/aromatic N) is 2. The van der Waals surface area contributed by atoms with Crippen molar-refractivity contribution in [2.24, 2.45) is 0 Å². The van der Waals surface area contributed by atoms with Gasteiger partial charge in [0.05, 0.1) is 5.69 Å². The predicted molar refractivity (Wildman–Crippen MR) is 46.0 cm³/mol. The van der Waals surface area contributed by atoms with Crippen molar-refractivity contribution in [1.29, 1.82) is 0 Å². The SMILES string of the molecule is CNC(=O)Cn1nc(C)cc1C(F)(F)F. The van der Waals surface area contributed by atoms with Crippen LogP contribution in [0.3, 0.4) is 0 Å². The minimum atomic E-state index is -4.49. The van der Waals surface area contributed by atoms with Gasteiger partial charge in [0.2, 0.25) is 5.91 Å². The van der Waals surface area contributed by atoms with Crippen molar-refractivity contribution < 1.29 is 18.0 Å². The van der Waals surface area contributed by atoms with E-state index in [0.717, 1.165) is 6.07 Å². The minimum Gasteiger partial charge on any atom is -0.358 e. The predicted octanol–water partition coefficient (Wildman–Crippen LogP) is 0.956. The second-order valence-corrected chi connectivity index (χ2v) is 3.00. The fourth-order valence-electron chi connectivity index (χ4n) is 1.11. The third-order valence-electron chi connectivity index (χ3n) is 1.76. The lowest BCUT2D eigenvalue weighted by Gasteiger charge is -2.08. The molecule has 0 unspecified atom stereocenters. The maximum absolute atomic E-state index is 12.4. The fourth-order valence-corrected chi connectivity index (χ4v) is 1.11.